The first kappa shape index (κ1) is 16.8. The Hall–Kier alpha value is -0.610. The van der Waals surface area contributed by atoms with Crippen molar-refractivity contribution in [2.45, 2.75) is 77.5 Å². The molecule has 2 fully saturated rings. The van der Waals surface area contributed by atoms with E-state index in [0.29, 0.717) is 24.0 Å². The summed E-state index contributed by atoms with van der Waals surface area (Å²) < 4.78 is 0. The Balaban J connectivity index is 1.91. The largest absolute Gasteiger partial charge is 0.325 e. The number of rotatable bonds is 7. The summed E-state index contributed by atoms with van der Waals surface area (Å²) >= 11 is 0. The molecular weight excluding hydrogens is 262 g/mol. The molecule has 1 saturated heterocycles. The summed E-state index contributed by atoms with van der Waals surface area (Å²) in [6, 6.07) is 0.629. The van der Waals surface area contributed by atoms with Crippen molar-refractivity contribution in [2.75, 3.05) is 20.1 Å². The van der Waals surface area contributed by atoms with E-state index < -0.39 is 0 Å². The average Bonchev–Trinajstić information content (AvgIpc) is 3.07. The van der Waals surface area contributed by atoms with Gasteiger partial charge in [0.05, 0.1) is 12.2 Å². The highest BCUT2D eigenvalue weighted by Crippen LogP contribution is 2.32. The predicted octanol–water partition coefficient (Wildman–Crippen LogP) is 2.44. The van der Waals surface area contributed by atoms with Crippen LogP contribution in [0.2, 0.25) is 0 Å². The van der Waals surface area contributed by atoms with Crippen LogP contribution < -0.4 is 5.32 Å². The van der Waals surface area contributed by atoms with Crippen molar-refractivity contribution in [3.8, 4) is 0 Å². The van der Waals surface area contributed by atoms with E-state index in [1.165, 1.54) is 25.7 Å². The molecule has 1 saturated carbocycles. The van der Waals surface area contributed by atoms with E-state index in [2.05, 4.69) is 42.9 Å². The van der Waals surface area contributed by atoms with Gasteiger partial charge < -0.3 is 9.80 Å². The molecule has 0 aromatic rings. The van der Waals surface area contributed by atoms with Crippen molar-refractivity contribution in [3.05, 3.63) is 0 Å². The van der Waals surface area contributed by atoms with Crippen LogP contribution in [-0.4, -0.2) is 54.1 Å². The minimum Gasteiger partial charge on any atom is -0.325 e. The number of hydrogen-bond acceptors (Lipinski definition) is 3. The third-order valence-electron chi connectivity index (χ3n) is 5.33. The normalized spacial score (nSPS) is 27.5. The molecule has 1 N–H and O–H groups in total. The fourth-order valence-corrected chi connectivity index (χ4v) is 3.66. The summed E-state index contributed by atoms with van der Waals surface area (Å²) in [6.45, 7) is 8.52. The molecule has 0 bridgehead atoms. The molecule has 4 nitrogen and oxygen atoms in total. The lowest BCUT2D eigenvalue weighted by Crippen LogP contribution is -2.43. The van der Waals surface area contributed by atoms with Gasteiger partial charge in [0.1, 0.15) is 0 Å². The van der Waals surface area contributed by atoms with Gasteiger partial charge in [0, 0.05) is 12.6 Å². The highest BCUT2D eigenvalue weighted by molar-refractivity contribution is 5.84. The van der Waals surface area contributed by atoms with Crippen LogP contribution in [0.1, 0.15) is 59.3 Å². The van der Waals surface area contributed by atoms with E-state index in [0.717, 1.165) is 25.9 Å². The van der Waals surface area contributed by atoms with E-state index in [9.17, 15) is 4.79 Å². The van der Waals surface area contributed by atoms with Crippen LogP contribution in [0.3, 0.4) is 0 Å². The Labute approximate surface area is 130 Å². The van der Waals surface area contributed by atoms with Gasteiger partial charge in [-0.25, -0.2) is 0 Å². The van der Waals surface area contributed by atoms with Gasteiger partial charge in [-0.3, -0.25) is 10.1 Å². The molecule has 2 atom stereocenters. The van der Waals surface area contributed by atoms with Crippen molar-refractivity contribution < 1.29 is 4.79 Å². The molecule has 0 aromatic heterocycles. The summed E-state index contributed by atoms with van der Waals surface area (Å²) in [5.41, 5.74) is 0. The van der Waals surface area contributed by atoms with Crippen LogP contribution in [0, 0.1) is 5.92 Å². The van der Waals surface area contributed by atoms with E-state index in [1.807, 2.05) is 0 Å². The molecule has 4 heteroatoms. The summed E-state index contributed by atoms with van der Waals surface area (Å²) in [6.07, 6.45) is 7.50. The first-order valence-corrected chi connectivity index (χ1v) is 8.81. The molecular formula is C17H33N3O. The maximum absolute atomic E-state index is 12.6. The van der Waals surface area contributed by atoms with Crippen molar-refractivity contribution in [1.29, 1.82) is 0 Å². The Morgan fingerprint density at radius 3 is 2.57 bits per heavy atom. The molecule has 1 heterocycles. The topological polar surface area (TPSA) is 35.6 Å². The van der Waals surface area contributed by atoms with E-state index in [4.69, 9.17) is 0 Å². The third-order valence-corrected chi connectivity index (χ3v) is 5.33. The number of carbonyl (C=O) groups is 1. The van der Waals surface area contributed by atoms with Crippen LogP contribution in [0.4, 0.5) is 0 Å². The fourth-order valence-electron chi connectivity index (χ4n) is 3.66. The summed E-state index contributed by atoms with van der Waals surface area (Å²) in [5.74, 6) is 1.01. The maximum Gasteiger partial charge on any atom is 0.241 e. The molecule has 1 aliphatic carbocycles. The third kappa shape index (κ3) is 3.98. The average molecular weight is 295 g/mol. The molecule has 0 spiro atoms. The lowest BCUT2D eigenvalue weighted by atomic mass is 10.0. The lowest BCUT2D eigenvalue weighted by Gasteiger charge is -2.30. The van der Waals surface area contributed by atoms with Gasteiger partial charge in [-0.05, 0) is 59.0 Å². The zero-order valence-corrected chi connectivity index (χ0v) is 14.3. The van der Waals surface area contributed by atoms with Crippen LogP contribution >= 0.6 is 0 Å². The standard InChI is InChI=1S/C17H33N3O/c1-5-15-17(21)20(12-8-11-19(4)13(2)3)16(18-15)14-9-6-7-10-14/h13-16,18H,5-12H2,1-4H3. The van der Waals surface area contributed by atoms with E-state index in [-0.39, 0.29) is 6.04 Å². The van der Waals surface area contributed by atoms with Gasteiger partial charge >= 0.3 is 0 Å². The number of hydrogen-bond donors (Lipinski definition) is 1. The monoisotopic (exact) mass is 295 g/mol. The minimum atomic E-state index is 0.0541. The summed E-state index contributed by atoms with van der Waals surface area (Å²) in [4.78, 5) is 17.1. The Kier molecular flexibility index (Phi) is 6.06. The number of nitrogens with zero attached hydrogens (tertiary/aromatic N) is 2. The van der Waals surface area contributed by atoms with Crippen LogP contribution in [0.15, 0.2) is 0 Å². The van der Waals surface area contributed by atoms with Crippen molar-refractivity contribution in [1.82, 2.24) is 15.1 Å². The van der Waals surface area contributed by atoms with E-state index in [1.54, 1.807) is 0 Å². The van der Waals surface area contributed by atoms with Crippen LogP contribution in [0.5, 0.6) is 0 Å². The second kappa shape index (κ2) is 7.59. The predicted molar refractivity (Wildman–Crippen MR) is 87.1 cm³/mol. The minimum absolute atomic E-state index is 0.0541. The zero-order chi connectivity index (χ0) is 15.4. The second-order valence-corrected chi connectivity index (χ2v) is 7.08. The van der Waals surface area contributed by atoms with Crippen molar-refractivity contribution in [3.63, 3.8) is 0 Å². The highest BCUT2D eigenvalue weighted by Gasteiger charge is 2.41. The van der Waals surface area contributed by atoms with Crippen molar-refractivity contribution in [2.24, 2.45) is 5.92 Å². The first-order chi connectivity index (χ1) is 10.0. The van der Waals surface area contributed by atoms with E-state index >= 15 is 0 Å². The Bertz CT molecular complexity index is 339. The van der Waals surface area contributed by atoms with Gasteiger partial charge in [0.15, 0.2) is 0 Å². The Morgan fingerprint density at radius 2 is 2.00 bits per heavy atom. The van der Waals surface area contributed by atoms with Crippen LogP contribution in [0.25, 0.3) is 0 Å². The van der Waals surface area contributed by atoms with Gasteiger partial charge in [-0.15, -0.1) is 0 Å². The maximum atomic E-state index is 12.6. The first-order valence-electron chi connectivity index (χ1n) is 8.81. The molecule has 1 amide bonds. The molecule has 0 radical (unpaired) electrons. The van der Waals surface area contributed by atoms with Gasteiger partial charge in [-0.1, -0.05) is 19.8 Å². The SMILES string of the molecule is CCC1NC(C2CCCC2)N(CCCN(C)C(C)C)C1=O. The van der Waals surface area contributed by atoms with Crippen molar-refractivity contribution >= 4 is 5.91 Å². The molecule has 2 rings (SSSR count). The van der Waals surface area contributed by atoms with Gasteiger partial charge in [0.25, 0.3) is 0 Å². The summed E-state index contributed by atoms with van der Waals surface area (Å²) in [7, 11) is 2.16. The van der Waals surface area contributed by atoms with Gasteiger partial charge in [0.2, 0.25) is 5.91 Å². The summed E-state index contributed by atoms with van der Waals surface area (Å²) in [5, 5.41) is 3.61. The van der Waals surface area contributed by atoms with Gasteiger partial charge in [-0.2, -0.15) is 0 Å². The molecule has 21 heavy (non-hydrogen) atoms. The van der Waals surface area contributed by atoms with Crippen LogP contribution in [-0.2, 0) is 4.79 Å². The fraction of sp³-hybridized carbons (Fsp3) is 0.941. The Morgan fingerprint density at radius 1 is 1.33 bits per heavy atom. The smallest absolute Gasteiger partial charge is 0.241 e. The zero-order valence-electron chi connectivity index (χ0n) is 14.3. The number of amides is 1. The molecule has 0 aromatic carbocycles. The molecule has 2 aliphatic rings. The second-order valence-electron chi connectivity index (χ2n) is 7.08. The molecule has 1 aliphatic heterocycles. The highest BCUT2D eigenvalue weighted by atomic mass is 16.2. The molecule has 2 unspecified atom stereocenters. The quantitative estimate of drug-likeness (QED) is 0.783. The number of carbonyl (C=O) groups excluding carboxylic acids is 1. The number of nitrogens with one attached hydrogen (secondary N) is 1. The lowest BCUT2D eigenvalue weighted by molar-refractivity contribution is -0.130. The molecule has 122 valence electrons.